The van der Waals surface area contributed by atoms with E-state index in [1.54, 1.807) is 0 Å². The lowest BCUT2D eigenvalue weighted by Crippen LogP contribution is -2.47. The quantitative estimate of drug-likeness (QED) is 0.693. The summed E-state index contributed by atoms with van der Waals surface area (Å²) in [4.78, 5) is 17.0. The fourth-order valence-electron chi connectivity index (χ4n) is 4.13. The molecule has 2 heterocycles. The largest absolute Gasteiger partial charge is 0.462 e. The molecule has 2 aliphatic heterocycles. The highest BCUT2D eigenvalue weighted by Gasteiger charge is 2.46. The maximum atomic E-state index is 12.2. The molecule has 1 atom stereocenters. The number of nitrogens with zero attached hydrogens (tertiary/aromatic N) is 3. The molecule has 2 fully saturated rings. The van der Waals surface area contributed by atoms with Gasteiger partial charge in [-0.15, -0.1) is 12.4 Å². The maximum absolute atomic E-state index is 12.2. The highest BCUT2D eigenvalue weighted by molar-refractivity contribution is 5.85. The van der Waals surface area contributed by atoms with E-state index < -0.39 is 0 Å². The van der Waals surface area contributed by atoms with Gasteiger partial charge in [0, 0.05) is 44.8 Å². The number of halogens is 1. The predicted octanol–water partition coefficient (Wildman–Crippen LogP) is 3.61. The van der Waals surface area contributed by atoms with Gasteiger partial charge in [-0.1, -0.05) is 13.8 Å². The van der Waals surface area contributed by atoms with Gasteiger partial charge >= 0.3 is 5.97 Å². The molecule has 0 amide bonds. The number of nitriles is 1. The van der Waals surface area contributed by atoms with E-state index in [9.17, 15) is 4.79 Å². The highest BCUT2D eigenvalue weighted by Crippen LogP contribution is 2.41. The summed E-state index contributed by atoms with van der Waals surface area (Å²) in [5.41, 5.74) is 1.65. The number of cyclic esters (lactones) is 1. The number of anilines is 1. The SMILES string of the molecule is CCC1(CC)CC(CCN2CCN(c3ccc(C#N)cc3)CC2)OC1=O.Cl. The summed E-state index contributed by atoms with van der Waals surface area (Å²) < 4.78 is 5.66. The fourth-order valence-corrected chi connectivity index (χ4v) is 4.13. The monoisotopic (exact) mass is 391 g/mol. The minimum absolute atomic E-state index is 0. The van der Waals surface area contributed by atoms with E-state index in [0.29, 0.717) is 5.56 Å². The zero-order valence-corrected chi connectivity index (χ0v) is 17.1. The smallest absolute Gasteiger partial charge is 0.312 e. The van der Waals surface area contributed by atoms with Gasteiger partial charge in [0.1, 0.15) is 6.10 Å². The van der Waals surface area contributed by atoms with Crippen molar-refractivity contribution >= 4 is 24.1 Å². The molecule has 6 heteroatoms. The van der Waals surface area contributed by atoms with Crippen molar-refractivity contribution in [1.82, 2.24) is 4.90 Å². The molecule has 3 rings (SSSR count). The minimum atomic E-state index is -0.237. The van der Waals surface area contributed by atoms with E-state index in [2.05, 4.69) is 29.7 Å². The molecule has 0 aromatic heterocycles. The molecule has 5 nitrogen and oxygen atoms in total. The van der Waals surface area contributed by atoms with Crippen molar-refractivity contribution in [2.75, 3.05) is 37.6 Å². The summed E-state index contributed by atoms with van der Waals surface area (Å²) >= 11 is 0. The number of rotatable bonds is 6. The molecule has 0 spiro atoms. The van der Waals surface area contributed by atoms with Crippen molar-refractivity contribution in [1.29, 1.82) is 5.26 Å². The molecule has 1 aromatic carbocycles. The van der Waals surface area contributed by atoms with E-state index in [1.807, 2.05) is 24.3 Å². The van der Waals surface area contributed by atoms with Gasteiger partial charge in [-0.25, -0.2) is 0 Å². The Morgan fingerprint density at radius 3 is 2.30 bits per heavy atom. The molecular weight excluding hydrogens is 362 g/mol. The third-order valence-corrected chi connectivity index (χ3v) is 6.18. The van der Waals surface area contributed by atoms with Crippen molar-refractivity contribution in [3.63, 3.8) is 0 Å². The molecule has 1 unspecified atom stereocenters. The highest BCUT2D eigenvalue weighted by atomic mass is 35.5. The number of carbonyl (C=O) groups is 1. The topological polar surface area (TPSA) is 56.6 Å². The first-order valence-corrected chi connectivity index (χ1v) is 9.79. The van der Waals surface area contributed by atoms with Crippen LogP contribution < -0.4 is 4.90 Å². The summed E-state index contributed by atoms with van der Waals surface area (Å²) in [6, 6.07) is 9.98. The third kappa shape index (κ3) is 4.75. The Labute approximate surface area is 168 Å². The van der Waals surface area contributed by atoms with Crippen LogP contribution in [0.25, 0.3) is 0 Å². The van der Waals surface area contributed by atoms with E-state index in [0.717, 1.165) is 58.4 Å². The Balaban J connectivity index is 0.00000261. The van der Waals surface area contributed by atoms with Gasteiger partial charge in [0.2, 0.25) is 0 Å². The summed E-state index contributed by atoms with van der Waals surface area (Å²) in [6.07, 6.45) is 3.65. The Hall–Kier alpha value is -1.77. The van der Waals surface area contributed by atoms with Crippen molar-refractivity contribution in [3.05, 3.63) is 29.8 Å². The summed E-state index contributed by atoms with van der Waals surface area (Å²) in [7, 11) is 0. The minimum Gasteiger partial charge on any atom is -0.462 e. The average molecular weight is 392 g/mol. The van der Waals surface area contributed by atoms with Gasteiger partial charge in [-0.2, -0.15) is 5.26 Å². The lowest BCUT2D eigenvalue weighted by molar-refractivity contribution is -0.149. The second kappa shape index (κ2) is 9.43. The van der Waals surface area contributed by atoms with Crippen LogP contribution in [0.4, 0.5) is 5.69 Å². The lowest BCUT2D eigenvalue weighted by atomic mass is 9.79. The maximum Gasteiger partial charge on any atom is 0.312 e. The van der Waals surface area contributed by atoms with Gasteiger partial charge < -0.3 is 9.64 Å². The van der Waals surface area contributed by atoms with E-state index in [-0.39, 0.29) is 29.9 Å². The third-order valence-electron chi connectivity index (χ3n) is 6.18. The van der Waals surface area contributed by atoms with Crippen molar-refractivity contribution < 1.29 is 9.53 Å². The van der Waals surface area contributed by atoms with E-state index in [1.165, 1.54) is 5.69 Å². The zero-order valence-electron chi connectivity index (χ0n) is 16.3. The Kier molecular flexibility index (Phi) is 7.52. The van der Waals surface area contributed by atoms with Crippen LogP contribution in [-0.2, 0) is 9.53 Å². The molecule has 0 aliphatic carbocycles. The molecule has 148 valence electrons. The van der Waals surface area contributed by atoms with Gasteiger partial charge in [-0.05, 0) is 43.5 Å². The van der Waals surface area contributed by atoms with Crippen LogP contribution in [0.2, 0.25) is 0 Å². The fraction of sp³-hybridized carbons (Fsp3) is 0.619. The van der Waals surface area contributed by atoms with Crippen LogP contribution >= 0.6 is 12.4 Å². The second-order valence-corrected chi connectivity index (χ2v) is 7.49. The number of hydrogen-bond donors (Lipinski definition) is 0. The van der Waals surface area contributed by atoms with Crippen LogP contribution in [0.5, 0.6) is 0 Å². The zero-order chi connectivity index (χ0) is 18.6. The summed E-state index contributed by atoms with van der Waals surface area (Å²) in [5, 5.41) is 8.90. The Morgan fingerprint density at radius 2 is 1.78 bits per heavy atom. The van der Waals surface area contributed by atoms with Crippen LogP contribution in [0.15, 0.2) is 24.3 Å². The number of benzene rings is 1. The normalized spacial score (nSPS) is 22.0. The van der Waals surface area contributed by atoms with Gasteiger partial charge in [0.15, 0.2) is 0 Å². The van der Waals surface area contributed by atoms with E-state index >= 15 is 0 Å². The number of hydrogen-bond acceptors (Lipinski definition) is 5. The van der Waals surface area contributed by atoms with Gasteiger partial charge in [0.05, 0.1) is 17.0 Å². The standard InChI is InChI=1S/C21H29N3O2.ClH/c1-3-21(4-2)15-19(26-20(21)25)9-10-23-11-13-24(14-12-23)18-7-5-17(16-22)6-8-18;/h5-8,19H,3-4,9-15H2,1-2H3;1H. The number of esters is 1. The van der Waals surface area contributed by atoms with Crippen LogP contribution in [-0.4, -0.2) is 49.7 Å². The van der Waals surface area contributed by atoms with Gasteiger partial charge in [0.25, 0.3) is 0 Å². The molecular formula is C21H30ClN3O2. The Morgan fingerprint density at radius 1 is 1.15 bits per heavy atom. The van der Waals surface area contributed by atoms with Crippen molar-refractivity contribution in [2.45, 2.75) is 45.6 Å². The second-order valence-electron chi connectivity index (χ2n) is 7.49. The molecule has 0 bridgehead atoms. The number of carbonyl (C=O) groups excluding carboxylic acids is 1. The molecule has 0 N–H and O–H groups in total. The number of piperazine rings is 1. The summed E-state index contributed by atoms with van der Waals surface area (Å²) in [5.74, 6) is 0.0122. The summed E-state index contributed by atoms with van der Waals surface area (Å²) in [6.45, 7) is 9.20. The first-order valence-electron chi connectivity index (χ1n) is 9.79. The molecule has 2 aliphatic rings. The van der Waals surface area contributed by atoms with Crippen molar-refractivity contribution in [3.8, 4) is 6.07 Å². The number of ether oxygens (including phenoxy) is 1. The first kappa shape index (κ1) is 21.5. The van der Waals surface area contributed by atoms with E-state index in [4.69, 9.17) is 10.00 Å². The van der Waals surface area contributed by atoms with Gasteiger partial charge in [-0.3, -0.25) is 9.69 Å². The molecule has 0 radical (unpaired) electrons. The predicted molar refractivity (Wildman–Crippen MR) is 109 cm³/mol. The van der Waals surface area contributed by atoms with Crippen LogP contribution in [0.3, 0.4) is 0 Å². The molecule has 1 aromatic rings. The van der Waals surface area contributed by atoms with Crippen LogP contribution in [0, 0.1) is 16.7 Å². The molecule has 2 saturated heterocycles. The average Bonchev–Trinajstić information content (AvgIpc) is 3.03. The van der Waals surface area contributed by atoms with Crippen molar-refractivity contribution in [2.24, 2.45) is 5.41 Å². The van der Waals surface area contributed by atoms with Crippen LogP contribution in [0.1, 0.15) is 45.1 Å². The molecule has 0 saturated carbocycles. The Bertz CT molecular complexity index is 659. The first-order chi connectivity index (χ1) is 12.6. The lowest BCUT2D eigenvalue weighted by Gasteiger charge is -2.36. The molecule has 27 heavy (non-hydrogen) atoms.